The van der Waals surface area contributed by atoms with Crippen LogP contribution in [0.15, 0.2) is 41.0 Å². The molecule has 0 aliphatic heterocycles. The molecule has 2 nitrogen and oxygen atoms in total. The summed E-state index contributed by atoms with van der Waals surface area (Å²) >= 11 is 9.25. The van der Waals surface area contributed by atoms with E-state index in [-0.39, 0.29) is 5.41 Å². The van der Waals surface area contributed by atoms with Gasteiger partial charge in [-0.25, -0.2) is 4.98 Å². The minimum Gasteiger partial charge on any atom is -0.438 e. The second-order valence-electron chi connectivity index (χ2n) is 5.32. The number of halogens is 2. The zero-order valence-corrected chi connectivity index (χ0v) is 13.4. The molecule has 0 atom stereocenters. The molecule has 0 unspecified atom stereocenters. The van der Waals surface area contributed by atoms with Crippen molar-refractivity contribution in [3.63, 3.8) is 0 Å². The van der Waals surface area contributed by atoms with Crippen LogP contribution >= 0.6 is 27.5 Å². The highest BCUT2D eigenvalue weighted by atomic mass is 79.9. The van der Waals surface area contributed by atoms with Gasteiger partial charge in [0.25, 0.3) is 0 Å². The van der Waals surface area contributed by atoms with E-state index in [0.29, 0.717) is 10.9 Å². The van der Waals surface area contributed by atoms with E-state index in [0.717, 1.165) is 10.2 Å². The molecule has 0 radical (unpaired) electrons. The minimum absolute atomic E-state index is 0.0873. The lowest BCUT2D eigenvalue weighted by Crippen LogP contribution is -2.10. The Morgan fingerprint density at radius 3 is 2.58 bits per heavy atom. The summed E-state index contributed by atoms with van der Waals surface area (Å²) in [4.78, 5) is 4.16. The summed E-state index contributed by atoms with van der Waals surface area (Å²) in [6, 6.07) is 9.79. The Balaban J connectivity index is 2.29. The number of hydrogen-bond acceptors (Lipinski definition) is 2. The quantitative estimate of drug-likeness (QED) is 0.711. The van der Waals surface area contributed by atoms with Crippen LogP contribution in [0, 0.1) is 0 Å². The molecule has 1 heterocycles. The molecule has 0 N–H and O–H groups in total. The van der Waals surface area contributed by atoms with Crippen LogP contribution in [-0.2, 0) is 5.41 Å². The molecule has 19 heavy (non-hydrogen) atoms. The lowest BCUT2D eigenvalue weighted by atomic mass is 9.87. The molecule has 0 saturated carbocycles. The fourth-order valence-corrected chi connectivity index (χ4v) is 2.33. The first-order chi connectivity index (χ1) is 8.86. The van der Waals surface area contributed by atoms with Gasteiger partial charge in [0.1, 0.15) is 5.75 Å². The first-order valence-electron chi connectivity index (χ1n) is 5.96. The van der Waals surface area contributed by atoms with Gasteiger partial charge < -0.3 is 4.74 Å². The summed E-state index contributed by atoms with van der Waals surface area (Å²) in [5, 5.41) is 0.572. The van der Waals surface area contributed by atoms with E-state index in [1.165, 1.54) is 5.56 Å². The number of ether oxygens (including phenoxy) is 1. The standard InChI is InChI=1S/C15H15BrClNO/c1-15(2,3)10-5-4-6-12(7-10)19-14-13(16)8-11(17)9-18-14/h4-9H,1-3H3. The molecule has 4 heteroatoms. The van der Waals surface area contributed by atoms with E-state index in [1.54, 1.807) is 12.3 Å². The number of rotatable bonds is 2. The van der Waals surface area contributed by atoms with E-state index < -0.39 is 0 Å². The third-order valence-corrected chi connectivity index (χ3v) is 3.46. The largest absolute Gasteiger partial charge is 0.438 e. The van der Waals surface area contributed by atoms with E-state index in [9.17, 15) is 0 Å². The number of hydrogen-bond donors (Lipinski definition) is 0. The van der Waals surface area contributed by atoms with Crippen molar-refractivity contribution in [3.05, 3.63) is 51.6 Å². The Morgan fingerprint density at radius 1 is 1.21 bits per heavy atom. The molecule has 0 aliphatic carbocycles. The van der Waals surface area contributed by atoms with Crippen LogP contribution in [0.2, 0.25) is 5.02 Å². The molecule has 1 aromatic carbocycles. The smallest absolute Gasteiger partial charge is 0.233 e. The molecule has 0 bridgehead atoms. The van der Waals surface area contributed by atoms with Gasteiger partial charge in [-0.2, -0.15) is 0 Å². The van der Waals surface area contributed by atoms with Crippen LogP contribution in [-0.4, -0.2) is 4.98 Å². The average molecular weight is 341 g/mol. The van der Waals surface area contributed by atoms with E-state index in [1.807, 2.05) is 18.2 Å². The summed E-state index contributed by atoms with van der Waals surface area (Å²) in [6.07, 6.45) is 1.56. The topological polar surface area (TPSA) is 22.1 Å². The molecule has 2 aromatic rings. The molecule has 1 aromatic heterocycles. The molecule has 0 saturated heterocycles. The number of benzene rings is 1. The second-order valence-corrected chi connectivity index (χ2v) is 6.61. The lowest BCUT2D eigenvalue weighted by Gasteiger charge is -2.19. The third-order valence-electron chi connectivity index (χ3n) is 2.69. The SMILES string of the molecule is CC(C)(C)c1cccc(Oc2ncc(Cl)cc2Br)c1. The normalized spacial score (nSPS) is 11.4. The highest BCUT2D eigenvalue weighted by molar-refractivity contribution is 9.10. The Kier molecular flexibility index (Phi) is 4.16. The third kappa shape index (κ3) is 3.71. The monoisotopic (exact) mass is 339 g/mol. The predicted molar refractivity (Wildman–Crippen MR) is 82.2 cm³/mol. The molecular weight excluding hydrogens is 326 g/mol. The maximum atomic E-state index is 5.86. The first kappa shape index (κ1) is 14.4. The van der Waals surface area contributed by atoms with Crippen molar-refractivity contribution >= 4 is 27.5 Å². The molecule has 2 rings (SSSR count). The number of nitrogens with zero attached hydrogens (tertiary/aromatic N) is 1. The van der Waals surface area contributed by atoms with Crippen molar-refractivity contribution in [3.8, 4) is 11.6 Å². The molecule has 0 amide bonds. The van der Waals surface area contributed by atoms with Crippen LogP contribution in [0.3, 0.4) is 0 Å². The lowest BCUT2D eigenvalue weighted by molar-refractivity contribution is 0.456. The van der Waals surface area contributed by atoms with E-state index in [2.05, 4.69) is 47.8 Å². The van der Waals surface area contributed by atoms with E-state index >= 15 is 0 Å². The fourth-order valence-electron chi connectivity index (χ4n) is 1.61. The summed E-state index contributed by atoms with van der Waals surface area (Å²) in [5.74, 6) is 1.28. The van der Waals surface area contributed by atoms with Gasteiger partial charge in [0.2, 0.25) is 5.88 Å². The maximum absolute atomic E-state index is 5.86. The van der Waals surface area contributed by atoms with Crippen molar-refractivity contribution in [1.29, 1.82) is 0 Å². The summed E-state index contributed by atoms with van der Waals surface area (Å²) in [6.45, 7) is 6.51. The van der Waals surface area contributed by atoms with Crippen molar-refractivity contribution in [2.24, 2.45) is 0 Å². The highest BCUT2D eigenvalue weighted by Crippen LogP contribution is 2.31. The van der Waals surface area contributed by atoms with Gasteiger partial charge in [-0.15, -0.1) is 0 Å². The van der Waals surface area contributed by atoms with Gasteiger partial charge in [0, 0.05) is 6.20 Å². The van der Waals surface area contributed by atoms with Crippen LogP contribution < -0.4 is 4.74 Å². The Labute approximate surface area is 126 Å². The van der Waals surface area contributed by atoms with Gasteiger partial charge in [-0.3, -0.25) is 0 Å². The predicted octanol–water partition coefficient (Wildman–Crippen LogP) is 5.59. The van der Waals surface area contributed by atoms with Crippen LogP contribution in [0.4, 0.5) is 0 Å². The number of aromatic nitrogens is 1. The summed E-state index contributed by atoms with van der Waals surface area (Å²) in [5.41, 5.74) is 1.31. The molecule has 100 valence electrons. The van der Waals surface area contributed by atoms with Gasteiger partial charge in [0.15, 0.2) is 0 Å². The first-order valence-corrected chi connectivity index (χ1v) is 7.13. The van der Waals surface area contributed by atoms with Crippen molar-refractivity contribution < 1.29 is 4.74 Å². The van der Waals surface area contributed by atoms with Crippen molar-refractivity contribution in [1.82, 2.24) is 4.98 Å². The van der Waals surface area contributed by atoms with Crippen molar-refractivity contribution in [2.45, 2.75) is 26.2 Å². The average Bonchev–Trinajstić information content (AvgIpc) is 2.32. The minimum atomic E-state index is 0.0873. The second kappa shape index (κ2) is 5.51. The van der Waals surface area contributed by atoms with Gasteiger partial charge in [0.05, 0.1) is 9.50 Å². The zero-order valence-electron chi connectivity index (χ0n) is 11.1. The van der Waals surface area contributed by atoms with Crippen LogP contribution in [0.5, 0.6) is 11.6 Å². The molecular formula is C15H15BrClNO. The fraction of sp³-hybridized carbons (Fsp3) is 0.267. The van der Waals surface area contributed by atoms with E-state index in [4.69, 9.17) is 16.3 Å². The van der Waals surface area contributed by atoms with Crippen LogP contribution in [0.25, 0.3) is 0 Å². The van der Waals surface area contributed by atoms with Gasteiger partial charge >= 0.3 is 0 Å². The molecule has 0 spiro atoms. The molecule has 0 aliphatic rings. The van der Waals surface area contributed by atoms with Crippen molar-refractivity contribution in [2.75, 3.05) is 0 Å². The Morgan fingerprint density at radius 2 is 1.95 bits per heavy atom. The maximum Gasteiger partial charge on any atom is 0.233 e. The summed E-state index contributed by atoms with van der Waals surface area (Å²) < 4.78 is 6.52. The Hall–Kier alpha value is -1.06. The number of pyridine rings is 1. The summed E-state index contributed by atoms with van der Waals surface area (Å²) in [7, 11) is 0. The van der Waals surface area contributed by atoms with Crippen LogP contribution in [0.1, 0.15) is 26.3 Å². The highest BCUT2D eigenvalue weighted by Gasteiger charge is 2.14. The van der Waals surface area contributed by atoms with Gasteiger partial charge in [-0.1, -0.05) is 44.5 Å². The van der Waals surface area contributed by atoms with Gasteiger partial charge in [-0.05, 0) is 45.1 Å². The Bertz CT molecular complexity index is 593. The molecule has 0 fully saturated rings. The zero-order chi connectivity index (χ0) is 14.0.